The molecule has 0 aromatic heterocycles. The first-order valence-electron chi connectivity index (χ1n) is 5.00. The number of hydrogen-bond acceptors (Lipinski definition) is 2. The summed E-state index contributed by atoms with van der Waals surface area (Å²) < 4.78 is 0. The van der Waals surface area contributed by atoms with Gasteiger partial charge in [-0.2, -0.15) is 0 Å². The lowest BCUT2D eigenvalue weighted by Crippen LogP contribution is -2.27. The Kier molecular flexibility index (Phi) is 3.73. The van der Waals surface area contributed by atoms with Crippen LogP contribution in [-0.4, -0.2) is 12.3 Å². The van der Waals surface area contributed by atoms with Crippen LogP contribution < -0.4 is 5.73 Å². The van der Waals surface area contributed by atoms with Crippen molar-refractivity contribution in [2.24, 2.45) is 17.6 Å². The lowest BCUT2D eigenvalue weighted by molar-refractivity contribution is -0.122. The molecule has 1 aliphatic carbocycles. The van der Waals surface area contributed by atoms with Crippen LogP contribution in [0.25, 0.3) is 0 Å². The minimum absolute atomic E-state index is 0.237. The van der Waals surface area contributed by atoms with Crippen LogP contribution in [0, 0.1) is 11.8 Å². The highest BCUT2D eigenvalue weighted by atomic mass is 16.1. The van der Waals surface area contributed by atoms with Gasteiger partial charge in [0.05, 0.1) is 6.54 Å². The van der Waals surface area contributed by atoms with Crippen LogP contribution >= 0.6 is 0 Å². The summed E-state index contributed by atoms with van der Waals surface area (Å²) in [6.45, 7) is 2.45. The first-order chi connectivity index (χ1) is 5.77. The topological polar surface area (TPSA) is 43.1 Å². The molecule has 2 nitrogen and oxygen atoms in total. The van der Waals surface area contributed by atoms with E-state index in [0.29, 0.717) is 0 Å². The summed E-state index contributed by atoms with van der Waals surface area (Å²) in [6.07, 6.45) is 5.91. The Balaban J connectivity index is 2.40. The summed E-state index contributed by atoms with van der Waals surface area (Å²) in [4.78, 5) is 11.3. The molecule has 0 radical (unpaired) electrons. The summed E-state index contributed by atoms with van der Waals surface area (Å²) >= 11 is 0. The molecule has 0 amide bonds. The van der Waals surface area contributed by atoms with E-state index >= 15 is 0 Å². The minimum Gasteiger partial charge on any atom is -0.324 e. The molecule has 1 aliphatic rings. The van der Waals surface area contributed by atoms with Crippen molar-refractivity contribution < 1.29 is 4.79 Å². The molecule has 12 heavy (non-hydrogen) atoms. The van der Waals surface area contributed by atoms with Gasteiger partial charge in [-0.3, -0.25) is 4.79 Å². The highest BCUT2D eigenvalue weighted by Crippen LogP contribution is 2.31. The maximum Gasteiger partial charge on any atom is 0.149 e. The average Bonchev–Trinajstić information content (AvgIpc) is 2.17. The van der Waals surface area contributed by atoms with Crippen molar-refractivity contribution in [2.75, 3.05) is 6.54 Å². The van der Waals surface area contributed by atoms with Gasteiger partial charge in [0.2, 0.25) is 0 Å². The molecule has 2 N–H and O–H groups in total. The minimum atomic E-state index is 0.237. The molecule has 0 aromatic rings. The Morgan fingerprint density at radius 1 is 1.50 bits per heavy atom. The largest absolute Gasteiger partial charge is 0.324 e. The van der Waals surface area contributed by atoms with Crippen LogP contribution in [0.3, 0.4) is 0 Å². The van der Waals surface area contributed by atoms with Crippen LogP contribution in [-0.2, 0) is 4.79 Å². The molecule has 1 rings (SSSR count). The monoisotopic (exact) mass is 169 g/mol. The second kappa shape index (κ2) is 4.61. The zero-order chi connectivity index (χ0) is 8.97. The summed E-state index contributed by atoms with van der Waals surface area (Å²) in [6, 6.07) is 0. The van der Waals surface area contributed by atoms with E-state index in [4.69, 9.17) is 5.73 Å². The van der Waals surface area contributed by atoms with Gasteiger partial charge in [-0.1, -0.05) is 26.2 Å². The SMILES string of the molecule is CCC1CCCC(C(=O)CN)C1. The maximum atomic E-state index is 11.3. The first-order valence-corrected chi connectivity index (χ1v) is 5.00. The molecule has 0 saturated heterocycles. The van der Waals surface area contributed by atoms with Gasteiger partial charge in [-0.25, -0.2) is 0 Å². The normalized spacial score (nSPS) is 30.2. The predicted molar refractivity (Wildman–Crippen MR) is 49.8 cm³/mol. The number of hydrogen-bond donors (Lipinski definition) is 1. The molecule has 1 saturated carbocycles. The quantitative estimate of drug-likeness (QED) is 0.699. The van der Waals surface area contributed by atoms with E-state index in [1.54, 1.807) is 0 Å². The average molecular weight is 169 g/mol. The number of rotatable bonds is 3. The van der Waals surface area contributed by atoms with Gasteiger partial charge >= 0.3 is 0 Å². The van der Waals surface area contributed by atoms with E-state index in [1.807, 2.05) is 0 Å². The molecule has 0 aromatic carbocycles. The molecule has 0 heterocycles. The van der Waals surface area contributed by atoms with Crippen LogP contribution in [0.4, 0.5) is 0 Å². The van der Waals surface area contributed by atoms with E-state index in [9.17, 15) is 4.79 Å². The second-order valence-corrected chi connectivity index (χ2v) is 3.81. The van der Waals surface area contributed by atoms with E-state index in [-0.39, 0.29) is 18.2 Å². The van der Waals surface area contributed by atoms with Crippen LogP contribution in [0.1, 0.15) is 39.0 Å². The van der Waals surface area contributed by atoms with Crippen molar-refractivity contribution in [3.05, 3.63) is 0 Å². The fourth-order valence-corrected chi connectivity index (χ4v) is 2.12. The fourth-order valence-electron chi connectivity index (χ4n) is 2.12. The molecule has 2 heteroatoms. The third-order valence-corrected chi connectivity index (χ3v) is 3.02. The molecular formula is C10H19NO. The standard InChI is InChI=1S/C10H19NO/c1-2-8-4-3-5-9(6-8)10(12)7-11/h8-9H,2-7,11H2,1H3. The highest BCUT2D eigenvalue weighted by molar-refractivity contribution is 5.82. The van der Waals surface area contributed by atoms with Gasteiger partial charge in [-0.15, -0.1) is 0 Å². The summed E-state index contributed by atoms with van der Waals surface area (Å²) in [5, 5.41) is 0. The van der Waals surface area contributed by atoms with Crippen molar-refractivity contribution in [3.8, 4) is 0 Å². The van der Waals surface area contributed by atoms with E-state index in [1.165, 1.54) is 19.3 Å². The number of nitrogens with two attached hydrogens (primary N) is 1. The van der Waals surface area contributed by atoms with Gasteiger partial charge in [0.15, 0.2) is 0 Å². The first kappa shape index (κ1) is 9.72. The van der Waals surface area contributed by atoms with Gasteiger partial charge in [-0.05, 0) is 18.8 Å². The molecule has 0 bridgehead atoms. The Morgan fingerprint density at radius 2 is 2.25 bits per heavy atom. The maximum absolute atomic E-state index is 11.3. The van der Waals surface area contributed by atoms with Crippen LogP contribution in [0.2, 0.25) is 0 Å². The summed E-state index contributed by atoms with van der Waals surface area (Å²) in [5.74, 6) is 1.33. The van der Waals surface area contributed by atoms with E-state index in [0.717, 1.165) is 18.8 Å². The lowest BCUT2D eigenvalue weighted by Gasteiger charge is -2.26. The summed E-state index contributed by atoms with van der Waals surface area (Å²) in [5.41, 5.74) is 5.34. The van der Waals surface area contributed by atoms with Crippen molar-refractivity contribution >= 4 is 5.78 Å². The van der Waals surface area contributed by atoms with Gasteiger partial charge in [0.25, 0.3) is 0 Å². The number of Topliss-reactive ketones (excluding diaryl/α,β-unsaturated/α-hetero) is 1. The molecule has 2 atom stereocenters. The third kappa shape index (κ3) is 2.31. The molecule has 0 aliphatic heterocycles. The predicted octanol–water partition coefficient (Wildman–Crippen LogP) is 1.73. The molecular weight excluding hydrogens is 150 g/mol. The van der Waals surface area contributed by atoms with Crippen molar-refractivity contribution in [1.82, 2.24) is 0 Å². The molecule has 2 unspecified atom stereocenters. The van der Waals surface area contributed by atoms with Gasteiger partial charge < -0.3 is 5.73 Å². The van der Waals surface area contributed by atoms with Crippen molar-refractivity contribution in [1.29, 1.82) is 0 Å². The Hall–Kier alpha value is -0.370. The zero-order valence-corrected chi connectivity index (χ0v) is 7.88. The highest BCUT2D eigenvalue weighted by Gasteiger charge is 2.24. The van der Waals surface area contributed by atoms with Crippen LogP contribution in [0.5, 0.6) is 0 Å². The van der Waals surface area contributed by atoms with Gasteiger partial charge in [0, 0.05) is 5.92 Å². The smallest absolute Gasteiger partial charge is 0.149 e. The lowest BCUT2D eigenvalue weighted by atomic mass is 9.78. The number of carbonyl (C=O) groups excluding carboxylic acids is 1. The number of ketones is 1. The molecule has 1 fully saturated rings. The van der Waals surface area contributed by atoms with E-state index in [2.05, 4.69) is 6.92 Å². The third-order valence-electron chi connectivity index (χ3n) is 3.02. The fraction of sp³-hybridized carbons (Fsp3) is 0.900. The Bertz CT molecular complexity index is 156. The Morgan fingerprint density at radius 3 is 2.83 bits per heavy atom. The van der Waals surface area contributed by atoms with Crippen LogP contribution in [0.15, 0.2) is 0 Å². The Labute approximate surface area is 74.5 Å². The molecule has 0 spiro atoms. The van der Waals surface area contributed by atoms with E-state index < -0.39 is 0 Å². The second-order valence-electron chi connectivity index (χ2n) is 3.81. The summed E-state index contributed by atoms with van der Waals surface area (Å²) in [7, 11) is 0. The zero-order valence-electron chi connectivity index (χ0n) is 7.88. The number of carbonyl (C=O) groups is 1. The van der Waals surface area contributed by atoms with Gasteiger partial charge in [0.1, 0.15) is 5.78 Å². The molecule has 70 valence electrons. The van der Waals surface area contributed by atoms with Crippen molar-refractivity contribution in [3.63, 3.8) is 0 Å². The van der Waals surface area contributed by atoms with Crippen molar-refractivity contribution in [2.45, 2.75) is 39.0 Å².